The fraction of sp³-hybridized carbons (Fsp3) is 0.182. The van der Waals surface area contributed by atoms with Crippen LogP contribution in [0.1, 0.15) is 22.5 Å². The Morgan fingerprint density at radius 3 is 2.70 bits per heavy atom. The van der Waals surface area contributed by atoms with Crippen LogP contribution in [0.15, 0.2) is 54.7 Å². The Balaban J connectivity index is 1.72. The molecule has 7 nitrogen and oxygen atoms in total. The molecule has 0 saturated heterocycles. The number of nitriles is 1. The number of anilines is 1. The first kappa shape index (κ1) is 24.2. The maximum Gasteiger partial charge on any atom is 0.325 e. The highest BCUT2D eigenvalue weighted by molar-refractivity contribution is 6.33. The summed E-state index contributed by atoms with van der Waals surface area (Å²) in [5.74, 6) is -3.97. The topological polar surface area (TPSA) is 102 Å². The van der Waals surface area contributed by atoms with E-state index >= 15 is 0 Å². The molecule has 0 aliphatic rings. The van der Waals surface area contributed by atoms with Crippen LogP contribution in [0.2, 0.25) is 10.0 Å². The molecule has 0 saturated carbocycles. The first-order valence-electron chi connectivity index (χ1n) is 9.62. The number of alkyl halides is 2. The third kappa shape index (κ3) is 6.06. The van der Waals surface area contributed by atoms with Gasteiger partial charge in [0.1, 0.15) is 11.8 Å². The summed E-state index contributed by atoms with van der Waals surface area (Å²) in [5.41, 5.74) is 0.0887. The molecule has 0 aliphatic carbocycles. The molecule has 3 rings (SSSR count). The second-order valence-corrected chi connectivity index (χ2v) is 7.81. The van der Waals surface area contributed by atoms with Crippen molar-refractivity contribution in [3.05, 3.63) is 87.3 Å². The van der Waals surface area contributed by atoms with Crippen molar-refractivity contribution in [2.75, 3.05) is 11.9 Å². The van der Waals surface area contributed by atoms with Crippen molar-refractivity contribution in [3.8, 4) is 6.07 Å². The molecule has 2 heterocycles. The molecular weight excluding hydrogens is 475 g/mol. The van der Waals surface area contributed by atoms with Gasteiger partial charge < -0.3 is 10.5 Å². The van der Waals surface area contributed by atoms with Gasteiger partial charge in [-0.2, -0.15) is 14.0 Å². The summed E-state index contributed by atoms with van der Waals surface area (Å²) in [6.45, 7) is -0.796. The van der Waals surface area contributed by atoms with E-state index in [-0.39, 0.29) is 30.0 Å². The second kappa shape index (κ2) is 10.4. The number of benzene rings is 1. The third-order valence-electron chi connectivity index (χ3n) is 4.67. The Morgan fingerprint density at radius 2 is 2.00 bits per heavy atom. The summed E-state index contributed by atoms with van der Waals surface area (Å²) in [5, 5.41) is 25.8. The summed E-state index contributed by atoms with van der Waals surface area (Å²) >= 11 is 12.0. The third-order valence-corrected chi connectivity index (χ3v) is 5.27. The van der Waals surface area contributed by atoms with Crippen LogP contribution in [-0.2, 0) is 23.7 Å². The van der Waals surface area contributed by atoms with Gasteiger partial charge in [0.25, 0.3) is 0 Å². The summed E-state index contributed by atoms with van der Waals surface area (Å²) in [7, 11) is 0. The molecular formula is C22H18Cl2F2N5O2+. The highest BCUT2D eigenvalue weighted by atomic mass is 35.5. The zero-order valence-corrected chi connectivity index (χ0v) is 18.5. The lowest BCUT2D eigenvalue weighted by molar-refractivity contribution is -0.898. The average Bonchev–Trinajstić information content (AvgIpc) is 2.80. The van der Waals surface area contributed by atoms with Gasteiger partial charge in [-0.05, 0) is 46.7 Å². The number of carbonyl (C=O) groups excluding carboxylic acids is 1. The smallest absolute Gasteiger partial charge is 0.325 e. The van der Waals surface area contributed by atoms with E-state index in [9.17, 15) is 24.0 Å². The van der Waals surface area contributed by atoms with Crippen molar-refractivity contribution in [1.82, 2.24) is 10.3 Å². The van der Waals surface area contributed by atoms with Crippen LogP contribution >= 0.6 is 23.2 Å². The van der Waals surface area contributed by atoms with E-state index < -0.39 is 24.1 Å². The maximum atomic E-state index is 14.4. The van der Waals surface area contributed by atoms with Crippen LogP contribution in [0.5, 0.6) is 0 Å². The van der Waals surface area contributed by atoms with Crippen LogP contribution in [0.4, 0.5) is 14.6 Å². The molecule has 170 valence electrons. The molecule has 1 amide bonds. The molecule has 0 aliphatic heterocycles. The van der Waals surface area contributed by atoms with Crippen molar-refractivity contribution in [1.29, 1.82) is 5.26 Å². The summed E-state index contributed by atoms with van der Waals surface area (Å²) in [6.07, 6.45) is 0.869. The van der Waals surface area contributed by atoms with Crippen LogP contribution in [0.3, 0.4) is 0 Å². The Kier molecular flexibility index (Phi) is 7.63. The SMILES string of the molecule is N#Cc1ccc(NCC(F)(F)c2ccccn2)[n+](O)c1CC(=O)NCc1cc(Cl)ccc1Cl. The van der Waals surface area contributed by atoms with E-state index in [1.165, 1.54) is 36.5 Å². The fourth-order valence-electron chi connectivity index (χ4n) is 2.95. The number of hydrogen-bond donors (Lipinski definition) is 3. The van der Waals surface area contributed by atoms with Gasteiger partial charge in [-0.15, -0.1) is 0 Å². The molecule has 2 aromatic heterocycles. The minimum absolute atomic E-state index is 0.00970. The summed E-state index contributed by atoms with van der Waals surface area (Å²) in [6, 6.07) is 13.4. The van der Waals surface area contributed by atoms with Gasteiger partial charge in [-0.25, -0.2) is 0 Å². The van der Waals surface area contributed by atoms with Gasteiger partial charge in [-0.3, -0.25) is 15.1 Å². The van der Waals surface area contributed by atoms with E-state index in [0.29, 0.717) is 20.3 Å². The van der Waals surface area contributed by atoms with Gasteiger partial charge >= 0.3 is 11.7 Å². The lowest BCUT2D eigenvalue weighted by atomic mass is 10.1. The monoisotopic (exact) mass is 492 g/mol. The normalized spacial score (nSPS) is 11.0. The van der Waals surface area contributed by atoms with Gasteiger partial charge in [-0.1, -0.05) is 29.3 Å². The van der Waals surface area contributed by atoms with E-state index in [1.807, 2.05) is 6.07 Å². The van der Waals surface area contributed by atoms with Crippen LogP contribution in [0.25, 0.3) is 0 Å². The molecule has 3 N–H and O–H groups in total. The molecule has 0 spiro atoms. The molecule has 0 radical (unpaired) electrons. The van der Waals surface area contributed by atoms with Gasteiger partial charge in [0, 0.05) is 28.9 Å². The zero-order chi connectivity index (χ0) is 24.0. The maximum absolute atomic E-state index is 14.4. The summed E-state index contributed by atoms with van der Waals surface area (Å²) in [4.78, 5) is 16.1. The van der Waals surface area contributed by atoms with E-state index in [4.69, 9.17) is 23.2 Å². The second-order valence-electron chi connectivity index (χ2n) is 6.96. The molecule has 33 heavy (non-hydrogen) atoms. The Hall–Kier alpha value is -3.48. The molecule has 0 fully saturated rings. The highest BCUT2D eigenvalue weighted by Gasteiger charge is 2.36. The number of aromatic nitrogens is 2. The minimum Gasteiger partial charge on any atom is -0.352 e. The van der Waals surface area contributed by atoms with Crippen molar-refractivity contribution in [2.24, 2.45) is 0 Å². The van der Waals surface area contributed by atoms with E-state index in [1.54, 1.807) is 18.2 Å². The number of halogens is 4. The van der Waals surface area contributed by atoms with Crippen molar-refractivity contribution in [3.63, 3.8) is 0 Å². The van der Waals surface area contributed by atoms with Gasteiger partial charge in [0.15, 0.2) is 12.2 Å². The number of hydrogen-bond acceptors (Lipinski definition) is 5. The van der Waals surface area contributed by atoms with Crippen LogP contribution in [-0.4, -0.2) is 22.6 Å². The highest BCUT2D eigenvalue weighted by Crippen LogP contribution is 2.26. The lowest BCUT2D eigenvalue weighted by Gasteiger charge is -2.14. The molecule has 0 atom stereocenters. The number of nitrogens with one attached hydrogen (secondary N) is 2. The fourth-order valence-corrected chi connectivity index (χ4v) is 3.33. The first-order chi connectivity index (χ1) is 15.7. The molecule has 1 aromatic carbocycles. The number of carbonyl (C=O) groups is 1. The lowest BCUT2D eigenvalue weighted by Crippen LogP contribution is -2.43. The molecule has 0 unspecified atom stereocenters. The Labute approximate surface area is 198 Å². The molecule has 11 heteroatoms. The van der Waals surface area contributed by atoms with Crippen molar-refractivity contribution in [2.45, 2.75) is 18.9 Å². The van der Waals surface area contributed by atoms with Gasteiger partial charge in [0.2, 0.25) is 5.91 Å². The van der Waals surface area contributed by atoms with Crippen LogP contribution in [0, 0.1) is 11.3 Å². The first-order valence-corrected chi connectivity index (χ1v) is 10.4. The Morgan fingerprint density at radius 1 is 1.21 bits per heavy atom. The van der Waals surface area contributed by atoms with Crippen LogP contribution < -0.4 is 15.4 Å². The average molecular weight is 493 g/mol. The summed E-state index contributed by atoms with van der Waals surface area (Å²) < 4.78 is 29.3. The van der Waals surface area contributed by atoms with E-state index in [2.05, 4.69) is 15.6 Å². The zero-order valence-electron chi connectivity index (χ0n) is 17.0. The standard InChI is InChI=1S/C22H17Cl2F2N5O2/c23-16-5-6-17(24)15(9-16)12-29-21(32)10-18-14(11-27)4-7-20(31(18)33)30-13-22(25,26)19-3-1-2-8-28-19/h1-9,33H,10,12-13H2,(H,29,32)/p+1. The predicted octanol–water partition coefficient (Wildman–Crippen LogP) is 3.85. The molecule has 0 bridgehead atoms. The quantitative estimate of drug-likeness (QED) is 0.327. The number of nitrogens with zero attached hydrogens (tertiary/aromatic N) is 3. The van der Waals surface area contributed by atoms with Crippen molar-refractivity contribution < 1.29 is 23.5 Å². The largest absolute Gasteiger partial charge is 0.352 e. The van der Waals surface area contributed by atoms with Crippen molar-refractivity contribution >= 4 is 34.9 Å². The number of rotatable bonds is 8. The predicted molar refractivity (Wildman–Crippen MR) is 117 cm³/mol. The van der Waals surface area contributed by atoms with Gasteiger partial charge in [0.05, 0.1) is 12.0 Å². The molecule has 3 aromatic rings. The number of pyridine rings is 2. The minimum atomic E-state index is -3.32. The van der Waals surface area contributed by atoms with E-state index in [0.717, 1.165) is 0 Å². The Bertz CT molecular complexity index is 1200. The number of amides is 1.